The van der Waals surface area contributed by atoms with Crippen molar-refractivity contribution < 1.29 is 12.8 Å². The maximum Gasteiger partial charge on any atom is 0.235 e. The van der Waals surface area contributed by atoms with Crippen LogP contribution in [0.3, 0.4) is 0 Å². The van der Waals surface area contributed by atoms with Crippen LogP contribution in [-0.4, -0.2) is 30.7 Å². The van der Waals surface area contributed by atoms with Gasteiger partial charge < -0.3 is 5.32 Å². The van der Waals surface area contributed by atoms with Crippen LogP contribution in [0, 0.1) is 12.7 Å². The molecule has 1 aliphatic rings. The number of hydrogen-bond acceptors (Lipinski definition) is 5. The van der Waals surface area contributed by atoms with Gasteiger partial charge in [0, 0.05) is 31.3 Å². The van der Waals surface area contributed by atoms with E-state index >= 15 is 0 Å². The minimum absolute atomic E-state index is 0.0720. The van der Waals surface area contributed by atoms with Crippen molar-refractivity contribution in [3.63, 3.8) is 0 Å². The van der Waals surface area contributed by atoms with Gasteiger partial charge in [-0.3, -0.25) is 4.31 Å². The van der Waals surface area contributed by atoms with Crippen LogP contribution in [0.2, 0.25) is 0 Å². The highest BCUT2D eigenvalue weighted by molar-refractivity contribution is 7.93. The summed E-state index contributed by atoms with van der Waals surface area (Å²) in [6.07, 6.45) is 1.27. The Hall–Kier alpha value is -2.22. The van der Waals surface area contributed by atoms with Crippen LogP contribution in [0.25, 0.3) is 0 Å². The fraction of sp³-hybridized carbons (Fsp3) is 0.412. The highest BCUT2D eigenvalue weighted by Gasteiger charge is 2.30. The lowest BCUT2D eigenvalue weighted by molar-refractivity contribution is 0.594. The first kappa shape index (κ1) is 17.6. The number of sulfonamides is 1. The molecule has 6 nitrogen and oxygen atoms in total. The van der Waals surface area contributed by atoms with E-state index in [-0.39, 0.29) is 11.4 Å². The zero-order chi connectivity index (χ0) is 18.0. The molecule has 0 atom stereocenters. The van der Waals surface area contributed by atoms with Gasteiger partial charge in [0.25, 0.3) is 0 Å². The molecule has 3 rings (SSSR count). The first-order valence-corrected chi connectivity index (χ1v) is 9.87. The average Bonchev–Trinajstić information content (AvgIpc) is 2.91. The van der Waals surface area contributed by atoms with Gasteiger partial charge in [-0.1, -0.05) is 13.0 Å². The Morgan fingerprint density at radius 2 is 2.08 bits per heavy atom. The third kappa shape index (κ3) is 3.89. The molecule has 2 heterocycles. The smallest absolute Gasteiger partial charge is 0.235 e. The Morgan fingerprint density at radius 3 is 2.72 bits per heavy atom. The molecule has 8 heteroatoms. The van der Waals surface area contributed by atoms with Crippen molar-refractivity contribution in [3.05, 3.63) is 47.2 Å². The summed E-state index contributed by atoms with van der Waals surface area (Å²) in [6, 6.07) is 6.46. The number of nitrogens with zero attached hydrogens (tertiary/aromatic N) is 3. The summed E-state index contributed by atoms with van der Waals surface area (Å²) < 4.78 is 39.4. The largest absolute Gasteiger partial charge is 0.366 e. The molecular weight excluding hydrogens is 343 g/mol. The summed E-state index contributed by atoms with van der Waals surface area (Å²) in [5, 5.41) is 3.16. The SMILES string of the molecule is CCc1nc(C)cc(NCc2ccc(N3CCCS3(=O)=O)c(F)c2)n1. The Bertz CT molecular complexity index is 886. The fourth-order valence-electron chi connectivity index (χ4n) is 2.84. The average molecular weight is 364 g/mol. The van der Waals surface area contributed by atoms with Gasteiger partial charge in [0.05, 0.1) is 11.4 Å². The first-order valence-electron chi connectivity index (χ1n) is 8.26. The van der Waals surface area contributed by atoms with Gasteiger partial charge in [0.15, 0.2) is 0 Å². The molecule has 2 aromatic rings. The van der Waals surface area contributed by atoms with E-state index in [2.05, 4.69) is 15.3 Å². The molecule has 134 valence electrons. The molecule has 0 amide bonds. The minimum atomic E-state index is -3.38. The predicted molar refractivity (Wildman–Crippen MR) is 95.6 cm³/mol. The van der Waals surface area contributed by atoms with E-state index in [9.17, 15) is 12.8 Å². The summed E-state index contributed by atoms with van der Waals surface area (Å²) in [4.78, 5) is 8.70. The molecule has 25 heavy (non-hydrogen) atoms. The molecule has 1 fully saturated rings. The Morgan fingerprint density at radius 1 is 1.28 bits per heavy atom. The summed E-state index contributed by atoms with van der Waals surface area (Å²) in [7, 11) is -3.38. The van der Waals surface area contributed by atoms with Gasteiger partial charge >= 0.3 is 0 Å². The van der Waals surface area contributed by atoms with Crippen molar-refractivity contribution in [2.24, 2.45) is 0 Å². The van der Waals surface area contributed by atoms with Gasteiger partial charge in [-0.25, -0.2) is 22.8 Å². The predicted octanol–water partition coefficient (Wildman–Crippen LogP) is 2.64. The van der Waals surface area contributed by atoms with Crippen molar-refractivity contribution in [3.8, 4) is 0 Å². The Balaban J connectivity index is 1.74. The molecule has 1 N–H and O–H groups in total. The van der Waals surface area contributed by atoms with Gasteiger partial charge in [0.2, 0.25) is 10.0 Å². The Labute approximate surface area is 147 Å². The number of aromatic nitrogens is 2. The maximum atomic E-state index is 14.4. The minimum Gasteiger partial charge on any atom is -0.366 e. The number of halogens is 1. The van der Waals surface area contributed by atoms with Gasteiger partial charge in [-0.2, -0.15) is 0 Å². The second-order valence-corrected chi connectivity index (χ2v) is 8.06. The molecule has 1 aromatic heterocycles. The zero-order valence-corrected chi connectivity index (χ0v) is 15.1. The molecule has 0 unspecified atom stereocenters. The van der Waals surface area contributed by atoms with Gasteiger partial charge in [-0.15, -0.1) is 0 Å². The molecule has 0 saturated carbocycles. The highest BCUT2D eigenvalue weighted by Crippen LogP contribution is 2.27. The van der Waals surface area contributed by atoms with Gasteiger partial charge in [0.1, 0.15) is 17.5 Å². The van der Waals surface area contributed by atoms with Crippen LogP contribution < -0.4 is 9.62 Å². The van der Waals surface area contributed by atoms with Crippen LogP contribution in [-0.2, 0) is 23.0 Å². The quantitative estimate of drug-likeness (QED) is 0.883. The standard InChI is InChI=1S/C17H21FN4O2S/c1-3-16-20-12(2)9-17(21-16)19-11-13-5-6-15(14(18)10-13)22-7-4-8-25(22,23)24/h5-6,9-10H,3-4,7-8,11H2,1-2H3,(H,19,20,21). The van der Waals surface area contributed by atoms with E-state index in [0.717, 1.165) is 22.2 Å². The molecule has 1 aliphatic heterocycles. The van der Waals surface area contributed by atoms with E-state index in [1.54, 1.807) is 6.07 Å². The number of anilines is 2. The maximum absolute atomic E-state index is 14.4. The number of benzene rings is 1. The molecule has 0 bridgehead atoms. The van der Waals surface area contributed by atoms with Crippen molar-refractivity contribution in [1.29, 1.82) is 0 Å². The third-order valence-electron chi connectivity index (χ3n) is 4.07. The van der Waals surface area contributed by atoms with Crippen molar-refractivity contribution in [1.82, 2.24) is 9.97 Å². The van der Waals surface area contributed by atoms with E-state index in [1.165, 1.54) is 12.1 Å². The third-order valence-corrected chi connectivity index (χ3v) is 5.93. The summed E-state index contributed by atoms with van der Waals surface area (Å²) in [5.74, 6) is 0.986. The normalized spacial score (nSPS) is 16.2. The summed E-state index contributed by atoms with van der Waals surface area (Å²) >= 11 is 0. The molecular formula is C17H21FN4O2S. The molecule has 0 spiro atoms. The molecule has 0 radical (unpaired) electrons. The van der Waals surface area contributed by atoms with E-state index in [0.29, 0.717) is 30.9 Å². The topological polar surface area (TPSA) is 75.2 Å². The fourth-order valence-corrected chi connectivity index (χ4v) is 4.41. The first-order chi connectivity index (χ1) is 11.9. The van der Waals surface area contributed by atoms with E-state index in [4.69, 9.17) is 0 Å². The number of hydrogen-bond donors (Lipinski definition) is 1. The number of nitrogens with one attached hydrogen (secondary N) is 1. The highest BCUT2D eigenvalue weighted by atomic mass is 32.2. The van der Waals surface area contributed by atoms with Crippen LogP contribution in [0.1, 0.15) is 30.4 Å². The summed E-state index contributed by atoms with van der Waals surface area (Å²) in [6.45, 7) is 4.61. The monoisotopic (exact) mass is 364 g/mol. The number of aryl methyl sites for hydroxylation is 2. The second-order valence-electron chi connectivity index (χ2n) is 6.05. The zero-order valence-electron chi connectivity index (χ0n) is 14.3. The van der Waals surface area contributed by atoms with Crippen molar-refractivity contribution in [2.75, 3.05) is 21.9 Å². The lowest BCUT2D eigenvalue weighted by Gasteiger charge is -2.18. The molecule has 1 saturated heterocycles. The lowest BCUT2D eigenvalue weighted by Crippen LogP contribution is -2.26. The number of rotatable bonds is 5. The van der Waals surface area contributed by atoms with Crippen molar-refractivity contribution in [2.45, 2.75) is 33.2 Å². The van der Waals surface area contributed by atoms with Crippen molar-refractivity contribution >= 4 is 21.5 Å². The van der Waals surface area contributed by atoms with Gasteiger partial charge in [-0.05, 0) is 31.0 Å². The van der Waals surface area contributed by atoms with Crippen LogP contribution in [0.4, 0.5) is 15.9 Å². The lowest BCUT2D eigenvalue weighted by atomic mass is 10.2. The van der Waals surface area contributed by atoms with Crippen LogP contribution in [0.5, 0.6) is 0 Å². The second kappa shape index (κ2) is 6.95. The van der Waals surface area contributed by atoms with E-state index in [1.807, 2.05) is 19.9 Å². The molecule has 1 aromatic carbocycles. The molecule has 0 aliphatic carbocycles. The van der Waals surface area contributed by atoms with E-state index < -0.39 is 15.8 Å². The van der Waals surface area contributed by atoms with Crippen LogP contribution in [0.15, 0.2) is 24.3 Å². The summed E-state index contributed by atoms with van der Waals surface area (Å²) in [5.41, 5.74) is 1.70. The Kier molecular flexibility index (Phi) is 4.89. The van der Waals surface area contributed by atoms with Crippen LogP contribution >= 0.6 is 0 Å².